The molecule has 0 fully saturated rings. The zero-order valence-electron chi connectivity index (χ0n) is 11.5. The lowest BCUT2D eigenvalue weighted by molar-refractivity contribution is 0.167. The molecule has 0 amide bonds. The fourth-order valence-electron chi connectivity index (χ4n) is 1.48. The van der Waals surface area contributed by atoms with Crippen molar-refractivity contribution in [3.8, 4) is 11.5 Å². The monoisotopic (exact) mass is 272 g/mol. The predicted octanol–water partition coefficient (Wildman–Crippen LogP) is 3.85. The van der Waals surface area contributed by atoms with Gasteiger partial charge >= 0.3 is 0 Å². The Morgan fingerprint density at radius 3 is 2.50 bits per heavy atom. The van der Waals surface area contributed by atoms with E-state index in [0.717, 1.165) is 17.7 Å². The second-order valence-corrected chi connectivity index (χ2v) is 4.82. The third kappa shape index (κ3) is 4.75. The smallest absolute Gasteiger partial charge is 0.163 e. The van der Waals surface area contributed by atoms with Gasteiger partial charge in [-0.05, 0) is 32.4 Å². The second-order valence-electron chi connectivity index (χ2n) is 4.41. The lowest BCUT2D eigenvalue weighted by Crippen LogP contribution is -2.08. The summed E-state index contributed by atoms with van der Waals surface area (Å²) in [5, 5.41) is 0.690. The molecule has 0 aromatic heterocycles. The Hall–Kier alpha value is -0.930. The standard InChI is InChI=1S/C14H21ClO3/c1-10(2)18-14-9-12(15)11(3)8-13(14)17-7-5-6-16-4/h8-10H,5-7H2,1-4H3. The summed E-state index contributed by atoms with van der Waals surface area (Å²) in [5.74, 6) is 1.43. The first kappa shape index (κ1) is 15.1. The zero-order chi connectivity index (χ0) is 13.5. The summed E-state index contributed by atoms with van der Waals surface area (Å²) in [4.78, 5) is 0. The van der Waals surface area contributed by atoms with Crippen molar-refractivity contribution in [3.05, 3.63) is 22.7 Å². The van der Waals surface area contributed by atoms with E-state index in [1.54, 1.807) is 7.11 Å². The first-order valence-electron chi connectivity index (χ1n) is 6.13. The molecule has 0 atom stereocenters. The molecule has 1 rings (SSSR count). The highest BCUT2D eigenvalue weighted by Gasteiger charge is 2.10. The molecule has 0 heterocycles. The van der Waals surface area contributed by atoms with Crippen LogP contribution in [0.3, 0.4) is 0 Å². The van der Waals surface area contributed by atoms with Gasteiger partial charge in [0.15, 0.2) is 11.5 Å². The van der Waals surface area contributed by atoms with E-state index in [1.165, 1.54) is 0 Å². The number of methoxy groups -OCH3 is 1. The van der Waals surface area contributed by atoms with Crippen molar-refractivity contribution in [2.24, 2.45) is 0 Å². The van der Waals surface area contributed by atoms with Crippen molar-refractivity contribution >= 4 is 11.6 Å². The molecule has 18 heavy (non-hydrogen) atoms. The molecule has 0 saturated heterocycles. The molecule has 0 aliphatic rings. The van der Waals surface area contributed by atoms with E-state index in [4.69, 9.17) is 25.8 Å². The number of hydrogen-bond donors (Lipinski definition) is 0. The first-order chi connectivity index (χ1) is 8.54. The van der Waals surface area contributed by atoms with Crippen LogP contribution >= 0.6 is 11.6 Å². The van der Waals surface area contributed by atoms with Crippen molar-refractivity contribution in [3.63, 3.8) is 0 Å². The molecular weight excluding hydrogens is 252 g/mol. The predicted molar refractivity (Wildman–Crippen MR) is 73.9 cm³/mol. The normalized spacial score (nSPS) is 10.8. The minimum atomic E-state index is 0.0881. The van der Waals surface area contributed by atoms with E-state index in [2.05, 4.69) is 0 Å². The zero-order valence-corrected chi connectivity index (χ0v) is 12.2. The lowest BCUT2D eigenvalue weighted by Gasteiger charge is -2.16. The van der Waals surface area contributed by atoms with Crippen LogP contribution < -0.4 is 9.47 Å². The second kappa shape index (κ2) is 7.49. The molecule has 0 aliphatic heterocycles. The van der Waals surface area contributed by atoms with E-state index in [0.29, 0.717) is 24.0 Å². The van der Waals surface area contributed by atoms with Gasteiger partial charge in [0.1, 0.15) is 0 Å². The van der Waals surface area contributed by atoms with Crippen molar-refractivity contribution in [1.29, 1.82) is 0 Å². The Morgan fingerprint density at radius 2 is 1.89 bits per heavy atom. The number of halogens is 1. The van der Waals surface area contributed by atoms with Gasteiger partial charge in [-0.1, -0.05) is 11.6 Å². The summed E-state index contributed by atoms with van der Waals surface area (Å²) < 4.78 is 16.4. The van der Waals surface area contributed by atoms with E-state index < -0.39 is 0 Å². The van der Waals surface area contributed by atoms with Gasteiger partial charge in [0.05, 0.1) is 12.7 Å². The molecule has 102 valence electrons. The molecule has 1 aromatic carbocycles. The molecule has 0 spiro atoms. The van der Waals surface area contributed by atoms with Crippen LogP contribution in [-0.2, 0) is 4.74 Å². The Morgan fingerprint density at radius 1 is 1.17 bits per heavy atom. The quantitative estimate of drug-likeness (QED) is 0.706. The van der Waals surface area contributed by atoms with Crippen molar-refractivity contribution in [2.45, 2.75) is 33.3 Å². The molecule has 0 saturated carbocycles. The van der Waals surface area contributed by atoms with Gasteiger partial charge in [0, 0.05) is 31.2 Å². The number of benzene rings is 1. The maximum Gasteiger partial charge on any atom is 0.163 e. The SMILES string of the molecule is COCCCOc1cc(C)c(Cl)cc1OC(C)C. The van der Waals surface area contributed by atoms with Gasteiger partial charge in [0.25, 0.3) is 0 Å². The molecule has 4 heteroatoms. The maximum absolute atomic E-state index is 6.10. The molecule has 0 aliphatic carbocycles. The Bertz CT molecular complexity index is 378. The summed E-state index contributed by atoms with van der Waals surface area (Å²) in [6, 6.07) is 3.72. The van der Waals surface area contributed by atoms with Gasteiger partial charge in [-0.15, -0.1) is 0 Å². The van der Waals surface area contributed by atoms with E-state index in [1.807, 2.05) is 32.9 Å². The molecule has 0 bridgehead atoms. The van der Waals surface area contributed by atoms with Gasteiger partial charge in [-0.25, -0.2) is 0 Å². The molecule has 0 unspecified atom stereocenters. The van der Waals surface area contributed by atoms with Crippen LogP contribution in [0.2, 0.25) is 5.02 Å². The van der Waals surface area contributed by atoms with Crippen molar-refractivity contribution in [2.75, 3.05) is 20.3 Å². The third-order valence-electron chi connectivity index (χ3n) is 2.34. The van der Waals surface area contributed by atoms with Crippen LogP contribution in [0.1, 0.15) is 25.8 Å². The van der Waals surface area contributed by atoms with Crippen LogP contribution in [0.15, 0.2) is 12.1 Å². The summed E-state index contributed by atoms with van der Waals surface area (Å²) in [5.41, 5.74) is 0.981. The van der Waals surface area contributed by atoms with Crippen LogP contribution in [0, 0.1) is 6.92 Å². The van der Waals surface area contributed by atoms with Crippen LogP contribution in [-0.4, -0.2) is 26.4 Å². The first-order valence-corrected chi connectivity index (χ1v) is 6.51. The fourth-order valence-corrected chi connectivity index (χ4v) is 1.63. The van der Waals surface area contributed by atoms with Crippen molar-refractivity contribution < 1.29 is 14.2 Å². The molecule has 3 nitrogen and oxygen atoms in total. The van der Waals surface area contributed by atoms with Crippen LogP contribution in [0.25, 0.3) is 0 Å². The molecule has 1 aromatic rings. The highest BCUT2D eigenvalue weighted by Crippen LogP contribution is 2.33. The Labute approximate surface area is 114 Å². The summed E-state index contributed by atoms with van der Waals surface area (Å²) in [6.07, 6.45) is 0.935. The molecular formula is C14H21ClO3. The van der Waals surface area contributed by atoms with Gasteiger partial charge in [-0.3, -0.25) is 0 Å². The van der Waals surface area contributed by atoms with Gasteiger partial charge < -0.3 is 14.2 Å². The van der Waals surface area contributed by atoms with E-state index >= 15 is 0 Å². The minimum absolute atomic E-state index is 0.0881. The average molecular weight is 273 g/mol. The van der Waals surface area contributed by atoms with Gasteiger partial charge in [-0.2, -0.15) is 0 Å². The largest absolute Gasteiger partial charge is 0.490 e. The highest BCUT2D eigenvalue weighted by atomic mass is 35.5. The van der Waals surface area contributed by atoms with Crippen LogP contribution in [0.5, 0.6) is 11.5 Å². The number of hydrogen-bond acceptors (Lipinski definition) is 3. The van der Waals surface area contributed by atoms with E-state index in [9.17, 15) is 0 Å². The highest BCUT2D eigenvalue weighted by molar-refractivity contribution is 6.31. The Kier molecular flexibility index (Phi) is 6.30. The minimum Gasteiger partial charge on any atom is -0.490 e. The van der Waals surface area contributed by atoms with E-state index in [-0.39, 0.29) is 6.10 Å². The lowest BCUT2D eigenvalue weighted by atomic mass is 10.2. The summed E-state index contributed by atoms with van der Waals surface area (Å²) in [6.45, 7) is 7.19. The average Bonchev–Trinajstić information content (AvgIpc) is 2.30. The van der Waals surface area contributed by atoms with Crippen LogP contribution in [0.4, 0.5) is 0 Å². The number of rotatable bonds is 7. The fraction of sp³-hybridized carbons (Fsp3) is 0.571. The maximum atomic E-state index is 6.10. The summed E-state index contributed by atoms with van der Waals surface area (Å²) in [7, 11) is 1.68. The number of aryl methyl sites for hydroxylation is 1. The van der Waals surface area contributed by atoms with Gasteiger partial charge in [0.2, 0.25) is 0 Å². The van der Waals surface area contributed by atoms with Crippen molar-refractivity contribution in [1.82, 2.24) is 0 Å². The molecule has 0 N–H and O–H groups in total. The number of ether oxygens (including phenoxy) is 3. The topological polar surface area (TPSA) is 27.7 Å². The Balaban J connectivity index is 2.76. The molecule has 0 radical (unpaired) electrons. The summed E-state index contributed by atoms with van der Waals surface area (Å²) >= 11 is 6.10. The third-order valence-corrected chi connectivity index (χ3v) is 2.75.